The van der Waals surface area contributed by atoms with Gasteiger partial charge in [0.05, 0.1) is 0 Å². The van der Waals surface area contributed by atoms with Crippen LogP contribution in [0.2, 0.25) is 0 Å². The highest BCUT2D eigenvalue weighted by Gasteiger charge is 2.08. The molecule has 0 unspecified atom stereocenters. The second-order valence-corrected chi connectivity index (χ2v) is 7.49. The molecule has 0 bridgehead atoms. The molecule has 0 aliphatic carbocycles. The molecule has 0 amide bonds. The highest BCUT2D eigenvalue weighted by atomic mass is 32.1. The molecule has 21 heavy (non-hydrogen) atoms. The summed E-state index contributed by atoms with van der Waals surface area (Å²) in [5.41, 5.74) is 0. The lowest BCUT2D eigenvalue weighted by molar-refractivity contribution is 1.87. The molecule has 3 heteroatoms. The summed E-state index contributed by atoms with van der Waals surface area (Å²) in [6.07, 6.45) is 0. The fraction of sp³-hybridized carbons (Fsp3) is 0. The van der Waals surface area contributed by atoms with E-state index in [-0.39, 0.29) is 0 Å². The van der Waals surface area contributed by atoms with Crippen LogP contribution in [0.3, 0.4) is 0 Å². The van der Waals surface area contributed by atoms with Gasteiger partial charge in [0.1, 0.15) is 0 Å². The van der Waals surface area contributed by atoms with E-state index in [0.717, 1.165) is 0 Å². The zero-order chi connectivity index (χ0) is 14.1. The third-order valence-corrected chi connectivity index (χ3v) is 6.10. The first-order valence-corrected chi connectivity index (χ1v) is 9.32. The van der Waals surface area contributed by atoms with Gasteiger partial charge in [0.15, 0.2) is 0 Å². The molecule has 0 N–H and O–H groups in total. The number of hydrogen-bond donors (Lipinski definition) is 0. The van der Waals surface area contributed by atoms with Crippen molar-refractivity contribution in [2.24, 2.45) is 0 Å². The lowest BCUT2D eigenvalue weighted by Crippen LogP contribution is -1.66. The molecule has 0 fully saturated rings. The van der Waals surface area contributed by atoms with Crippen LogP contribution in [0, 0.1) is 0 Å². The average Bonchev–Trinajstić information content (AvgIpc) is 3.26. The van der Waals surface area contributed by atoms with Crippen molar-refractivity contribution in [3.8, 4) is 0 Å². The maximum absolute atomic E-state index is 2.25. The van der Waals surface area contributed by atoms with Crippen molar-refractivity contribution in [2.75, 3.05) is 0 Å². The van der Waals surface area contributed by atoms with Gasteiger partial charge in [-0.25, -0.2) is 0 Å². The van der Waals surface area contributed by atoms with Gasteiger partial charge < -0.3 is 0 Å². The summed E-state index contributed by atoms with van der Waals surface area (Å²) in [4.78, 5) is 0. The van der Waals surface area contributed by atoms with Gasteiger partial charge in [0, 0.05) is 24.9 Å². The fourth-order valence-corrected chi connectivity index (χ4v) is 5.05. The Morgan fingerprint density at radius 2 is 1.52 bits per heavy atom. The van der Waals surface area contributed by atoms with E-state index in [9.17, 15) is 0 Å². The molecule has 0 radical (unpaired) electrons. The number of thiophene rings is 3. The van der Waals surface area contributed by atoms with Crippen molar-refractivity contribution in [1.82, 2.24) is 0 Å². The van der Waals surface area contributed by atoms with Crippen LogP contribution in [0.5, 0.6) is 0 Å². The number of rotatable bonds is 0. The van der Waals surface area contributed by atoms with Crippen LogP contribution in [0.25, 0.3) is 30.3 Å². The molecule has 3 heterocycles. The van der Waals surface area contributed by atoms with E-state index < -0.39 is 0 Å². The molecule has 102 valence electrons. The molecule has 0 atom stereocenters. The molecule has 0 aliphatic rings. The Morgan fingerprint density at radius 1 is 0.667 bits per heavy atom. The fourth-order valence-electron chi connectivity index (χ4n) is 2.46. The molecule has 0 saturated heterocycles. The van der Waals surface area contributed by atoms with E-state index in [2.05, 4.69) is 47.8 Å². The maximum atomic E-state index is 2.25. The van der Waals surface area contributed by atoms with E-state index in [1.165, 1.54) is 30.3 Å². The van der Waals surface area contributed by atoms with Crippen LogP contribution in [0.15, 0.2) is 70.7 Å². The lowest BCUT2D eigenvalue weighted by atomic mass is 10.1. The summed E-state index contributed by atoms with van der Waals surface area (Å²) in [6, 6.07) is 19.4. The monoisotopic (exact) mass is 324 g/mol. The molecule has 5 rings (SSSR count). The van der Waals surface area contributed by atoms with Gasteiger partial charge in [0.25, 0.3) is 0 Å². The van der Waals surface area contributed by atoms with Crippen molar-refractivity contribution >= 4 is 64.3 Å². The minimum absolute atomic E-state index is 1.36. The Hall–Kier alpha value is -1.68. The van der Waals surface area contributed by atoms with Crippen LogP contribution in [0.4, 0.5) is 0 Å². The van der Waals surface area contributed by atoms with Gasteiger partial charge >= 0.3 is 0 Å². The van der Waals surface area contributed by atoms with Crippen LogP contribution in [-0.2, 0) is 0 Å². The first kappa shape index (κ1) is 13.0. The van der Waals surface area contributed by atoms with E-state index in [4.69, 9.17) is 0 Å². The Balaban J connectivity index is 0.000000197. The zero-order valence-corrected chi connectivity index (χ0v) is 13.6. The predicted molar refractivity (Wildman–Crippen MR) is 99.0 cm³/mol. The topological polar surface area (TPSA) is 0 Å². The van der Waals surface area contributed by atoms with E-state index >= 15 is 0 Å². The molecular formula is C18H12S3. The summed E-state index contributed by atoms with van der Waals surface area (Å²) in [6.45, 7) is 0. The first-order chi connectivity index (χ1) is 10.4. The Kier molecular flexibility index (Phi) is 3.47. The third-order valence-electron chi connectivity index (χ3n) is 3.39. The molecular weight excluding hydrogens is 312 g/mol. The number of hydrogen-bond acceptors (Lipinski definition) is 3. The summed E-state index contributed by atoms with van der Waals surface area (Å²) in [7, 11) is 0. The highest BCUT2D eigenvalue weighted by molar-refractivity contribution is 7.27. The van der Waals surface area contributed by atoms with Gasteiger partial charge in [-0.1, -0.05) is 36.4 Å². The molecule has 0 spiro atoms. The SMILES string of the molecule is c1ccc2c(c1)sc1ccc3ccsc3c12.c1ccsc1. The zero-order valence-electron chi connectivity index (χ0n) is 11.2. The van der Waals surface area contributed by atoms with E-state index in [1.54, 1.807) is 11.3 Å². The average molecular weight is 324 g/mol. The van der Waals surface area contributed by atoms with E-state index in [1.807, 2.05) is 45.6 Å². The lowest BCUT2D eigenvalue weighted by Gasteiger charge is -1.93. The first-order valence-electron chi connectivity index (χ1n) is 6.68. The van der Waals surface area contributed by atoms with Crippen molar-refractivity contribution < 1.29 is 0 Å². The van der Waals surface area contributed by atoms with Crippen LogP contribution in [-0.4, -0.2) is 0 Å². The highest BCUT2D eigenvalue weighted by Crippen LogP contribution is 2.39. The quantitative estimate of drug-likeness (QED) is 0.287. The smallest absolute Gasteiger partial charge is 0.0435 e. The largest absolute Gasteiger partial charge is 0.152 e. The predicted octanol–water partition coefficient (Wildman–Crippen LogP) is 7.02. The summed E-state index contributed by atoms with van der Waals surface area (Å²) in [5.74, 6) is 0. The van der Waals surface area contributed by atoms with Gasteiger partial charge in [-0.05, 0) is 39.7 Å². The van der Waals surface area contributed by atoms with Gasteiger partial charge in [-0.15, -0.1) is 22.7 Å². The summed E-state index contributed by atoms with van der Waals surface area (Å²) in [5, 5.41) is 10.5. The van der Waals surface area contributed by atoms with Crippen molar-refractivity contribution in [1.29, 1.82) is 0 Å². The van der Waals surface area contributed by atoms with Gasteiger partial charge in [0.2, 0.25) is 0 Å². The molecule has 5 aromatic rings. The Morgan fingerprint density at radius 3 is 2.33 bits per heavy atom. The Bertz CT molecular complexity index is 970. The molecule has 0 saturated carbocycles. The van der Waals surface area contributed by atoms with Gasteiger partial charge in [-0.2, -0.15) is 11.3 Å². The second-order valence-electron chi connectivity index (χ2n) is 4.67. The Labute approximate surface area is 134 Å². The number of benzene rings is 2. The summed E-state index contributed by atoms with van der Waals surface area (Å²) < 4.78 is 4.21. The van der Waals surface area contributed by atoms with E-state index in [0.29, 0.717) is 0 Å². The van der Waals surface area contributed by atoms with Crippen molar-refractivity contribution in [2.45, 2.75) is 0 Å². The standard InChI is InChI=1S/C14H8S2.C4H4S/c1-2-4-11-10(3-1)13-12(16-11)6-5-9-7-8-15-14(9)13;1-2-4-5-3-1/h1-8H;1-4H. The van der Waals surface area contributed by atoms with Crippen LogP contribution < -0.4 is 0 Å². The normalized spacial score (nSPS) is 10.9. The van der Waals surface area contributed by atoms with Gasteiger partial charge in [-0.3, -0.25) is 0 Å². The van der Waals surface area contributed by atoms with Crippen molar-refractivity contribution in [3.05, 3.63) is 70.7 Å². The summed E-state index contributed by atoms with van der Waals surface area (Å²) >= 11 is 5.44. The minimum Gasteiger partial charge on any atom is -0.152 e. The minimum atomic E-state index is 1.36. The van der Waals surface area contributed by atoms with Crippen LogP contribution >= 0.6 is 34.0 Å². The molecule has 0 aliphatic heterocycles. The molecule has 2 aromatic carbocycles. The second kappa shape index (κ2) is 5.60. The van der Waals surface area contributed by atoms with Crippen LogP contribution in [0.1, 0.15) is 0 Å². The van der Waals surface area contributed by atoms with Crippen molar-refractivity contribution in [3.63, 3.8) is 0 Å². The number of fused-ring (bicyclic) bond motifs is 5. The third kappa shape index (κ3) is 2.38. The molecule has 0 nitrogen and oxygen atoms in total. The molecule has 3 aromatic heterocycles. The maximum Gasteiger partial charge on any atom is 0.0435 e.